The van der Waals surface area contributed by atoms with Crippen molar-refractivity contribution in [2.45, 2.75) is 267 Å². The van der Waals surface area contributed by atoms with Crippen LogP contribution in [0.4, 0.5) is 0 Å². The first kappa shape index (κ1) is 84.3. The third kappa shape index (κ3) is 207. The third-order valence-corrected chi connectivity index (χ3v) is 6.91. The van der Waals surface area contributed by atoms with Crippen molar-refractivity contribution in [1.29, 1.82) is 0 Å². The van der Waals surface area contributed by atoms with E-state index in [0.29, 0.717) is 39.6 Å². The van der Waals surface area contributed by atoms with Gasteiger partial charge in [-0.3, -0.25) is 28.8 Å². The van der Waals surface area contributed by atoms with E-state index in [4.69, 9.17) is 0 Å². The maximum Gasteiger partial charge on any atom is 0.302 e. The zero-order valence-electron chi connectivity index (χ0n) is 46.3. The molecule has 0 atom stereocenters. The van der Waals surface area contributed by atoms with Gasteiger partial charge in [-0.2, -0.15) is 0 Å². The van der Waals surface area contributed by atoms with Crippen molar-refractivity contribution in [3.05, 3.63) is 0 Å². The van der Waals surface area contributed by atoms with Crippen LogP contribution in [0.1, 0.15) is 267 Å². The number of hydrogen-bond donors (Lipinski definition) is 0. The molecule has 0 spiro atoms. The smallest absolute Gasteiger partial charge is 0.302 e. The largest absolute Gasteiger partial charge is 0.466 e. The first-order valence-electron chi connectivity index (χ1n) is 25.1. The van der Waals surface area contributed by atoms with Crippen LogP contribution in [0, 0.1) is 0 Å². The number of carbonyl (C=O) groups is 6. The monoisotopic (exact) mass is 929 g/mol. The van der Waals surface area contributed by atoms with Gasteiger partial charge in [0.1, 0.15) is 0 Å². The van der Waals surface area contributed by atoms with Gasteiger partial charge in [0.25, 0.3) is 0 Å². The summed E-state index contributed by atoms with van der Waals surface area (Å²) in [4.78, 5) is 58.9. The van der Waals surface area contributed by atoms with Crippen molar-refractivity contribution in [3.8, 4) is 0 Å². The highest BCUT2D eigenvalue weighted by molar-refractivity contribution is 5.67. The Hall–Kier alpha value is -3.18. The van der Waals surface area contributed by atoms with Crippen molar-refractivity contribution in [3.63, 3.8) is 0 Å². The lowest BCUT2D eigenvalue weighted by atomic mass is 10.2. The van der Waals surface area contributed by atoms with Crippen LogP contribution >= 0.6 is 0 Å². The molecule has 0 radical (unpaired) electrons. The van der Waals surface area contributed by atoms with Gasteiger partial charge in [-0.1, -0.05) is 184 Å². The molecule has 0 saturated heterocycles. The van der Waals surface area contributed by atoms with Gasteiger partial charge in [-0.05, 0) is 41.5 Å². The summed E-state index contributed by atoms with van der Waals surface area (Å²) >= 11 is 0. The molecule has 0 fully saturated rings. The standard InChI is InChI=1S/4C7H16.6C4H8O2/c4*1-3-5-7-6-4-2;6*1-3-6-4(2)5/h4*3-7H2,1-2H3;6*3H2,1-2H3. The zero-order chi connectivity index (χ0) is 52.1. The molecule has 0 unspecified atom stereocenters. The Morgan fingerprint density at radius 3 is 0.328 bits per heavy atom. The third-order valence-electron chi connectivity index (χ3n) is 6.91. The van der Waals surface area contributed by atoms with E-state index >= 15 is 0 Å². The fraction of sp³-hybridized carbons (Fsp3) is 0.885. The fourth-order valence-electron chi connectivity index (χ4n) is 3.93. The summed E-state index contributed by atoms with van der Waals surface area (Å²) in [6.45, 7) is 39.9. The Balaban J connectivity index is -0.0000000633. The van der Waals surface area contributed by atoms with E-state index in [1.807, 2.05) is 0 Å². The number of unbranched alkanes of at least 4 members (excludes halogenated alkanes) is 16. The molecule has 0 aliphatic heterocycles. The molecule has 0 aromatic heterocycles. The summed E-state index contributed by atoms with van der Waals surface area (Å²) in [7, 11) is 0. The molecule has 0 aliphatic carbocycles. The Morgan fingerprint density at radius 1 is 0.203 bits per heavy atom. The first-order chi connectivity index (χ1) is 30.3. The van der Waals surface area contributed by atoms with Gasteiger partial charge >= 0.3 is 35.8 Å². The number of rotatable bonds is 22. The molecular formula is C52H112O12. The van der Waals surface area contributed by atoms with Gasteiger partial charge in [0.2, 0.25) is 0 Å². The average molecular weight is 929 g/mol. The van der Waals surface area contributed by atoms with Gasteiger partial charge < -0.3 is 28.4 Å². The maximum atomic E-state index is 9.82. The van der Waals surface area contributed by atoms with Crippen LogP contribution in [0.25, 0.3) is 0 Å². The normalized spacial score (nSPS) is 8.44. The van der Waals surface area contributed by atoms with Gasteiger partial charge in [-0.15, -0.1) is 0 Å². The van der Waals surface area contributed by atoms with Crippen LogP contribution in [0.5, 0.6) is 0 Å². The van der Waals surface area contributed by atoms with E-state index in [9.17, 15) is 28.8 Å². The molecule has 0 aromatic carbocycles. The Morgan fingerprint density at radius 2 is 0.297 bits per heavy atom. The molecule has 0 bridgehead atoms. The lowest BCUT2D eigenvalue weighted by Gasteiger charge is -1.90. The second-order valence-electron chi connectivity index (χ2n) is 13.8. The summed E-state index contributed by atoms with van der Waals surface area (Å²) in [5.74, 6) is -1.26. The lowest BCUT2D eigenvalue weighted by molar-refractivity contribution is -0.141. The summed E-state index contributed by atoms with van der Waals surface area (Å²) in [5.41, 5.74) is 0. The molecular weight excluding hydrogens is 817 g/mol. The molecule has 0 heterocycles. The zero-order valence-corrected chi connectivity index (χ0v) is 46.3. The topological polar surface area (TPSA) is 158 Å². The van der Waals surface area contributed by atoms with Crippen LogP contribution in [-0.2, 0) is 57.2 Å². The quantitative estimate of drug-likeness (QED) is 0.0576. The highest BCUT2D eigenvalue weighted by Gasteiger charge is 1.86. The molecule has 0 aromatic rings. The van der Waals surface area contributed by atoms with E-state index < -0.39 is 0 Å². The molecule has 0 saturated carbocycles. The van der Waals surface area contributed by atoms with Crippen LogP contribution in [0.15, 0.2) is 0 Å². The van der Waals surface area contributed by atoms with Crippen molar-refractivity contribution in [2.75, 3.05) is 39.6 Å². The second-order valence-corrected chi connectivity index (χ2v) is 13.8. The molecule has 0 N–H and O–H groups in total. The number of hydrogen-bond acceptors (Lipinski definition) is 12. The highest BCUT2D eigenvalue weighted by atomic mass is 16.5. The van der Waals surface area contributed by atoms with Crippen LogP contribution in [-0.4, -0.2) is 75.5 Å². The molecule has 12 heteroatoms. The van der Waals surface area contributed by atoms with Gasteiger partial charge in [0.05, 0.1) is 39.6 Å². The van der Waals surface area contributed by atoms with Crippen molar-refractivity contribution in [1.82, 2.24) is 0 Å². The minimum atomic E-state index is -0.211. The fourth-order valence-corrected chi connectivity index (χ4v) is 3.93. The van der Waals surface area contributed by atoms with Crippen molar-refractivity contribution in [2.24, 2.45) is 0 Å². The molecule has 0 aliphatic rings. The lowest BCUT2D eigenvalue weighted by Crippen LogP contribution is -1.95. The van der Waals surface area contributed by atoms with E-state index in [-0.39, 0.29) is 35.8 Å². The molecule has 64 heavy (non-hydrogen) atoms. The Bertz CT molecular complexity index is 668. The number of carbonyl (C=O) groups excluding carboxylic acids is 6. The summed E-state index contributed by atoms with van der Waals surface area (Å²) in [5, 5.41) is 0. The van der Waals surface area contributed by atoms with E-state index in [0.717, 1.165) is 0 Å². The molecule has 12 nitrogen and oxygen atoms in total. The Labute approximate surface area is 398 Å². The number of esters is 6. The second kappa shape index (κ2) is 94.4. The van der Waals surface area contributed by atoms with E-state index in [2.05, 4.69) is 83.8 Å². The predicted molar refractivity (Wildman–Crippen MR) is 272 cm³/mol. The van der Waals surface area contributed by atoms with Crippen molar-refractivity contribution < 1.29 is 57.2 Å². The molecule has 392 valence electrons. The molecule has 0 amide bonds. The van der Waals surface area contributed by atoms with Crippen LogP contribution in [0.2, 0.25) is 0 Å². The summed E-state index contributed by atoms with van der Waals surface area (Å²) < 4.78 is 26.4. The predicted octanol–water partition coefficient (Wildman–Crippen LogP) is 15.3. The summed E-state index contributed by atoms with van der Waals surface area (Å²) in [6.07, 6.45) is 28.0. The van der Waals surface area contributed by atoms with Crippen LogP contribution < -0.4 is 0 Å². The highest BCUT2D eigenvalue weighted by Crippen LogP contribution is 2.02. The maximum absolute atomic E-state index is 9.82. The SMILES string of the molecule is CCCCCCC.CCCCCCC.CCCCCCC.CCCCCCC.CCOC(C)=O.CCOC(C)=O.CCOC(C)=O.CCOC(C)=O.CCOC(C)=O.CCOC(C)=O. The van der Waals surface area contributed by atoms with Gasteiger partial charge in [0, 0.05) is 41.5 Å². The minimum Gasteiger partial charge on any atom is -0.466 e. The number of ether oxygens (including phenoxy) is 6. The summed E-state index contributed by atoms with van der Waals surface area (Å²) in [6, 6.07) is 0. The first-order valence-corrected chi connectivity index (χ1v) is 25.1. The van der Waals surface area contributed by atoms with Crippen molar-refractivity contribution >= 4 is 35.8 Å². The minimum absolute atomic E-state index is 0.211. The average Bonchev–Trinajstić information content (AvgIpc) is 3.21. The van der Waals surface area contributed by atoms with E-state index in [1.54, 1.807) is 41.5 Å². The van der Waals surface area contributed by atoms with Gasteiger partial charge in [0.15, 0.2) is 0 Å². The Kier molecular flexibility index (Phi) is 124. The van der Waals surface area contributed by atoms with E-state index in [1.165, 1.54) is 170 Å². The van der Waals surface area contributed by atoms with Crippen LogP contribution in [0.3, 0.4) is 0 Å². The van der Waals surface area contributed by atoms with Gasteiger partial charge in [-0.25, -0.2) is 0 Å². The molecule has 0 rings (SSSR count).